The van der Waals surface area contributed by atoms with E-state index in [0.717, 1.165) is 12.5 Å². The molecule has 2 heteroatoms. The largest absolute Gasteiger partial charge is 0.508 e. The highest BCUT2D eigenvalue weighted by atomic mass is 16.3. The van der Waals surface area contributed by atoms with Gasteiger partial charge in [-0.15, -0.1) is 0 Å². The Morgan fingerprint density at radius 3 is 2.25 bits per heavy atom. The molecule has 1 saturated carbocycles. The average molecular weight is 275 g/mol. The van der Waals surface area contributed by atoms with Crippen molar-refractivity contribution >= 4 is 0 Å². The minimum Gasteiger partial charge on any atom is -0.508 e. The molecule has 1 aliphatic carbocycles. The van der Waals surface area contributed by atoms with Crippen molar-refractivity contribution in [3.63, 3.8) is 0 Å². The fraction of sp³-hybridized carbons (Fsp3) is 0.667. The summed E-state index contributed by atoms with van der Waals surface area (Å²) >= 11 is 0. The molecule has 1 unspecified atom stereocenters. The van der Waals surface area contributed by atoms with Gasteiger partial charge >= 0.3 is 0 Å². The van der Waals surface area contributed by atoms with Gasteiger partial charge < -0.3 is 10.4 Å². The normalized spacial score (nSPS) is 19.4. The number of nitrogens with one attached hydrogen (secondary N) is 1. The standard InChI is InChI=1S/C18H29NO/c1-14(2)12-18(10-4-5-11-18)13-19-15(3)16-6-8-17(20)9-7-16/h6-9,14-15,19-20H,4-5,10-13H2,1-3H3. The van der Waals surface area contributed by atoms with Crippen LogP contribution in [0.4, 0.5) is 0 Å². The molecule has 2 N–H and O–H groups in total. The van der Waals surface area contributed by atoms with Gasteiger partial charge in [0.2, 0.25) is 0 Å². The lowest BCUT2D eigenvalue weighted by Crippen LogP contribution is -2.34. The molecule has 1 aliphatic rings. The Morgan fingerprint density at radius 1 is 1.10 bits per heavy atom. The van der Waals surface area contributed by atoms with E-state index in [1.807, 2.05) is 12.1 Å². The van der Waals surface area contributed by atoms with E-state index in [-0.39, 0.29) is 0 Å². The number of phenolic OH excluding ortho intramolecular Hbond substituents is 1. The van der Waals surface area contributed by atoms with Crippen LogP contribution in [0.25, 0.3) is 0 Å². The van der Waals surface area contributed by atoms with Gasteiger partial charge in [0.15, 0.2) is 0 Å². The smallest absolute Gasteiger partial charge is 0.115 e. The third kappa shape index (κ3) is 3.99. The first-order chi connectivity index (χ1) is 9.51. The van der Waals surface area contributed by atoms with Crippen LogP contribution in [0.3, 0.4) is 0 Å². The van der Waals surface area contributed by atoms with Crippen LogP contribution in [-0.4, -0.2) is 11.7 Å². The Balaban J connectivity index is 1.93. The van der Waals surface area contributed by atoms with Gasteiger partial charge in [0, 0.05) is 12.6 Å². The van der Waals surface area contributed by atoms with E-state index in [1.165, 1.54) is 37.7 Å². The van der Waals surface area contributed by atoms with E-state index >= 15 is 0 Å². The molecule has 0 aromatic heterocycles. The summed E-state index contributed by atoms with van der Waals surface area (Å²) in [5.74, 6) is 1.12. The maximum absolute atomic E-state index is 9.36. The fourth-order valence-electron chi connectivity index (χ4n) is 3.69. The second kappa shape index (κ2) is 6.62. The van der Waals surface area contributed by atoms with Gasteiger partial charge in [-0.3, -0.25) is 0 Å². The maximum Gasteiger partial charge on any atom is 0.115 e. The summed E-state index contributed by atoms with van der Waals surface area (Å²) in [7, 11) is 0. The van der Waals surface area contributed by atoms with Gasteiger partial charge in [0.25, 0.3) is 0 Å². The quantitative estimate of drug-likeness (QED) is 0.792. The molecule has 2 rings (SSSR count). The molecule has 1 aromatic carbocycles. The highest BCUT2D eigenvalue weighted by molar-refractivity contribution is 5.27. The Labute approximate surface area is 123 Å². The van der Waals surface area contributed by atoms with E-state index < -0.39 is 0 Å². The molecule has 0 heterocycles. The van der Waals surface area contributed by atoms with Gasteiger partial charge in [0.05, 0.1) is 0 Å². The molecule has 0 bridgehead atoms. The zero-order valence-corrected chi connectivity index (χ0v) is 13.2. The summed E-state index contributed by atoms with van der Waals surface area (Å²) in [6.45, 7) is 8.00. The van der Waals surface area contributed by atoms with Crippen molar-refractivity contribution in [1.82, 2.24) is 5.32 Å². The molecule has 2 nitrogen and oxygen atoms in total. The summed E-state index contributed by atoms with van der Waals surface area (Å²) in [4.78, 5) is 0. The molecule has 0 amide bonds. The van der Waals surface area contributed by atoms with E-state index in [9.17, 15) is 5.11 Å². The molecule has 112 valence electrons. The fourth-order valence-corrected chi connectivity index (χ4v) is 3.69. The summed E-state index contributed by atoms with van der Waals surface area (Å²) in [5, 5.41) is 13.1. The summed E-state index contributed by atoms with van der Waals surface area (Å²) in [6.07, 6.45) is 6.87. The van der Waals surface area contributed by atoms with Crippen LogP contribution < -0.4 is 5.32 Å². The number of benzene rings is 1. The molecule has 0 saturated heterocycles. The Bertz CT molecular complexity index is 404. The molecule has 1 aromatic rings. The second-order valence-electron chi connectivity index (χ2n) is 7.00. The number of hydrogen-bond acceptors (Lipinski definition) is 2. The zero-order chi connectivity index (χ0) is 14.6. The van der Waals surface area contributed by atoms with Crippen molar-refractivity contribution in [1.29, 1.82) is 0 Å². The summed E-state index contributed by atoms with van der Waals surface area (Å²) in [5.41, 5.74) is 1.76. The minimum atomic E-state index is 0.341. The highest BCUT2D eigenvalue weighted by Gasteiger charge is 2.34. The van der Waals surface area contributed by atoms with E-state index in [1.54, 1.807) is 12.1 Å². The van der Waals surface area contributed by atoms with Crippen molar-refractivity contribution in [2.75, 3.05) is 6.54 Å². The SMILES string of the molecule is CC(C)CC1(CNC(C)c2ccc(O)cc2)CCCC1. The first-order valence-electron chi connectivity index (χ1n) is 8.03. The van der Waals surface area contributed by atoms with Crippen molar-refractivity contribution in [3.8, 4) is 5.75 Å². The average Bonchev–Trinajstić information content (AvgIpc) is 2.85. The van der Waals surface area contributed by atoms with Crippen LogP contribution in [0, 0.1) is 11.3 Å². The summed E-state index contributed by atoms with van der Waals surface area (Å²) in [6, 6.07) is 7.91. The third-order valence-electron chi connectivity index (χ3n) is 4.68. The lowest BCUT2D eigenvalue weighted by Gasteiger charge is -2.33. The number of phenols is 1. The van der Waals surface area contributed by atoms with Gasteiger partial charge in [-0.25, -0.2) is 0 Å². The van der Waals surface area contributed by atoms with Gasteiger partial charge in [0.1, 0.15) is 5.75 Å². The monoisotopic (exact) mass is 275 g/mol. The topological polar surface area (TPSA) is 32.3 Å². The number of aromatic hydroxyl groups is 1. The second-order valence-corrected chi connectivity index (χ2v) is 7.00. The number of rotatable bonds is 6. The van der Waals surface area contributed by atoms with E-state index in [2.05, 4.69) is 26.1 Å². The van der Waals surface area contributed by atoms with Crippen LogP contribution in [-0.2, 0) is 0 Å². The zero-order valence-electron chi connectivity index (χ0n) is 13.2. The molecule has 0 radical (unpaired) electrons. The third-order valence-corrected chi connectivity index (χ3v) is 4.68. The lowest BCUT2D eigenvalue weighted by molar-refractivity contribution is 0.217. The van der Waals surface area contributed by atoms with Crippen molar-refractivity contribution in [2.45, 2.75) is 58.9 Å². The van der Waals surface area contributed by atoms with E-state index in [0.29, 0.717) is 17.2 Å². The minimum absolute atomic E-state index is 0.341. The predicted molar refractivity (Wildman–Crippen MR) is 84.9 cm³/mol. The first kappa shape index (κ1) is 15.4. The molecule has 1 fully saturated rings. The molecule has 20 heavy (non-hydrogen) atoms. The van der Waals surface area contributed by atoms with Crippen molar-refractivity contribution in [2.24, 2.45) is 11.3 Å². The molecular weight excluding hydrogens is 246 g/mol. The van der Waals surface area contributed by atoms with Gasteiger partial charge in [-0.05, 0) is 55.2 Å². The first-order valence-corrected chi connectivity index (χ1v) is 8.03. The molecular formula is C18H29NO. The number of hydrogen-bond donors (Lipinski definition) is 2. The Morgan fingerprint density at radius 2 is 1.70 bits per heavy atom. The van der Waals surface area contributed by atoms with Crippen LogP contribution >= 0.6 is 0 Å². The van der Waals surface area contributed by atoms with Gasteiger partial charge in [-0.2, -0.15) is 0 Å². The van der Waals surface area contributed by atoms with Gasteiger partial charge in [-0.1, -0.05) is 38.8 Å². The lowest BCUT2D eigenvalue weighted by atomic mass is 9.78. The predicted octanol–water partition coefficient (Wildman–Crippen LogP) is 4.65. The van der Waals surface area contributed by atoms with E-state index in [4.69, 9.17) is 0 Å². The Kier molecular flexibility index (Phi) is 5.09. The van der Waals surface area contributed by atoms with Crippen molar-refractivity contribution < 1.29 is 5.11 Å². The van der Waals surface area contributed by atoms with Crippen molar-refractivity contribution in [3.05, 3.63) is 29.8 Å². The van der Waals surface area contributed by atoms with Crippen LogP contribution in [0.1, 0.15) is 64.5 Å². The molecule has 1 atom stereocenters. The van der Waals surface area contributed by atoms with Crippen LogP contribution in [0.2, 0.25) is 0 Å². The maximum atomic E-state index is 9.36. The molecule has 0 spiro atoms. The molecule has 0 aliphatic heterocycles. The van der Waals surface area contributed by atoms with Crippen LogP contribution in [0.5, 0.6) is 5.75 Å². The van der Waals surface area contributed by atoms with Crippen LogP contribution in [0.15, 0.2) is 24.3 Å². The highest BCUT2D eigenvalue weighted by Crippen LogP contribution is 2.43. The Hall–Kier alpha value is -1.02. The summed E-state index contributed by atoms with van der Waals surface area (Å²) < 4.78 is 0.